The lowest BCUT2D eigenvalue weighted by Gasteiger charge is -2.19. The monoisotopic (exact) mass is 740 g/mol. The molecular weight excluding hydrogens is 685 g/mol. The van der Waals surface area contributed by atoms with E-state index in [0.29, 0.717) is 74.6 Å². The fourth-order valence-electron chi connectivity index (χ4n) is 5.46. The van der Waals surface area contributed by atoms with Crippen LogP contribution < -0.4 is 31.9 Å². The number of carbonyl (C=O) groups is 5. The zero-order valence-corrected chi connectivity index (χ0v) is 31.4. The lowest BCUT2D eigenvalue weighted by Crippen LogP contribution is -2.36. The zero-order valence-electron chi connectivity index (χ0n) is 29.7. The summed E-state index contributed by atoms with van der Waals surface area (Å²) in [6.45, 7) is 8.15. The van der Waals surface area contributed by atoms with Crippen molar-refractivity contribution in [2.24, 2.45) is 0 Å². The first kappa shape index (κ1) is 41.1. The van der Waals surface area contributed by atoms with E-state index in [2.05, 4.69) is 47.4 Å². The average molecular weight is 741 g/mol. The van der Waals surface area contributed by atoms with Gasteiger partial charge in [-0.1, -0.05) is 18.2 Å². The predicted octanol–water partition coefficient (Wildman–Crippen LogP) is 2.49. The first-order chi connectivity index (χ1) is 24.0. The topological polar surface area (TPSA) is 210 Å². The minimum Gasteiger partial charge on any atom is -0.444 e. The summed E-state index contributed by atoms with van der Waals surface area (Å²) in [6.07, 6.45) is 8.28. The van der Waals surface area contributed by atoms with E-state index in [1.807, 2.05) is 11.8 Å². The van der Waals surface area contributed by atoms with Crippen molar-refractivity contribution in [3.63, 3.8) is 0 Å². The maximum absolute atomic E-state index is 12.2. The molecule has 6 amide bonds. The number of ether oxygens (including phenoxy) is 1. The number of amides is 6. The second kappa shape index (κ2) is 22.5. The molecule has 3 atom stereocenters. The summed E-state index contributed by atoms with van der Waals surface area (Å²) < 4.78 is 6.91. The Kier molecular flexibility index (Phi) is 18.5. The minimum absolute atomic E-state index is 0.0392. The van der Waals surface area contributed by atoms with Crippen LogP contribution in [0.3, 0.4) is 0 Å². The van der Waals surface area contributed by atoms with Crippen LogP contribution in [0.4, 0.5) is 9.59 Å². The summed E-state index contributed by atoms with van der Waals surface area (Å²) in [5.41, 5.74) is -0.552. The van der Waals surface area contributed by atoms with Crippen LogP contribution in [0.25, 0.3) is 0 Å². The Balaban J connectivity index is 1.10. The fourth-order valence-corrected chi connectivity index (χ4v) is 7.85. The quantitative estimate of drug-likeness (QED) is 0.0515. The van der Waals surface area contributed by atoms with Crippen molar-refractivity contribution in [1.82, 2.24) is 52.1 Å². The van der Waals surface area contributed by atoms with Crippen LogP contribution in [0.2, 0.25) is 0 Å². The fraction of sp³-hybridized carbons (Fsp3) is 0.812. The molecule has 282 valence electrons. The highest BCUT2D eigenvalue weighted by Crippen LogP contribution is 2.33. The van der Waals surface area contributed by atoms with Gasteiger partial charge in [0.15, 0.2) is 0 Å². The van der Waals surface area contributed by atoms with Gasteiger partial charge in [0.25, 0.3) is 0 Å². The Morgan fingerprint density at radius 3 is 2.18 bits per heavy atom. The molecule has 0 aromatic carbocycles. The van der Waals surface area contributed by atoms with Gasteiger partial charge in [0.1, 0.15) is 5.60 Å². The molecule has 16 nitrogen and oxygen atoms in total. The number of nitrogens with one attached hydrogen (secondary N) is 6. The summed E-state index contributed by atoms with van der Waals surface area (Å²) in [6, 6.07) is 0.393. The molecular formula is C32H56N10O6S2. The third-order valence-corrected chi connectivity index (χ3v) is 10.5. The lowest BCUT2D eigenvalue weighted by atomic mass is 10.0. The smallest absolute Gasteiger partial charge is 0.407 e. The van der Waals surface area contributed by atoms with Gasteiger partial charge in [0.2, 0.25) is 22.9 Å². The molecule has 0 spiro atoms. The number of unbranched alkanes of at least 4 members (excludes halogenated alkanes) is 4. The van der Waals surface area contributed by atoms with E-state index in [0.717, 1.165) is 57.1 Å². The molecule has 2 saturated heterocycles. The Morgan fingerprint density at radius 1 is 0.840 bits per heavy atom. The average Bonchev–Trinajstić information content (AvgIpc) is 3.76. The van der Waals surface area contributed by atoms with Crippen molar-refractivity contribution < 1.29 is 28.7 Å². The van der Waals surface area contributed by atoms with Crippen LogP contribution in [0.1, 0.15) is 97.8 Å². The zero-order chi connectivity index (χ0) is 36.2. The van der Waals surface area contributed by atoms with Gasteiger partial charge in [-0.05, 0) is 82.6 Å². The van der Waals surface area contributed by atoms with Gasteiger partial charge in [-0.2, -0.15) is 11.8 Å². The normalized spacial score (nSPS) is 18.1. The number of aryl methyl sites for hydroxylation is 1. The van der Waals surface area contributed by atoms with E-state index in [9.17, 15) is 24.0 Å². The predicted molar refractivity (Wildman–Crippen MR) is 193 cm³/mol. The molecule has 6 N–H and O–H groups in total. The summed E-state index contributed by atoms with van der Waals surface area (Å²) in [5.74, 6) is 1.49. The number of nitrogens with zero attached hydrogens (tertiary/aromatic N) is 4. The number of tetrazole rings is 1. The van der Waals surface area contributed by atoms with E-state index in [-0.39, 0.29) is 35.8 Å². The van der Waals surface area contributed by atoms with Gasteiger partial charge in [-0.25, -0.2) is 14.3 Å². The molecule has 0 aliphatic carbocycles. The summed E-state index contributed by atoms with van der Waals surface area (Å²) in [4.78, 5) is 59.5. The van der Waals surface area contributed by atoms with Crippen molar-refractivity contribution in [1.29, 1.82) is 0 Å². The number of fused-ring (bicyclic) bond motifs is 1. The van der Waals surface area contributed by atoms with Gasteiger partial charge >= 0.3 is 12.1 Å². The van der Waals surface area contributed by atoms with E-state index in [1.54, 1.807) is 25.5 Å². The molecule has 2 aliphatic rings. The van der Waals surface area contributed by atoms with Gasteiger partial charge < -0.3 is 36.6 Å². The standard InChI is InChI=1S/C32H56N10O6S2/c1-32(2,3)48-31(47)36-19-11-14-26(44)34-17-8-9-18-35-27(45)15-21-49-30-39-40-41-42(30)20-10-4-7-16-33-25(43)13-6-5-12-24-28-23(22-50-24)37-29(46)38-28/h23-24,28H,4-22H2,1-3H3,(H,33,43)(H,34,44)(H,35,45)(H,36,47)(H2,37,38,46)/t23-,24-,28-/m0/s1. The minimum atomic E-state index is -0.552. The Labute approximate surface area is 303 Å². The van der Waals surface area contributed by atoms with Crippen LogP contribution in [-0.2, 0) is 25.7 Å². The summed E-state index contributed by atoms with van der Waals surface area (Å²) in [7, 11) is 0. The number of thioether (sulfide) groups is 2. The first-order valence-corrected chi connectivity index (χ1v) is 19.9. The maximum atomic E-state index is 12.2. The molecule has 3 heterocycles. The molecule has 0 radical (unpaired) electrons. The first-order valence-electron chi connectivity index (χ1n) is 17.8. The molecule has 0 unspecified atom stereocenters. The van der Waals surface area contributed by atoms with Crippen LogP contribution >= 0.6 is 23.5 Å². The van der Waals surface area contributed by atoms with E-state index < -0.39 is 11.7 Å². The molecule has 50 heavy (non-hydrogen) atoms. The number of urea groups is 1. The highest BCUT2D eigenvalue weighted by Gasteiger charge is 2.42. The second-order valence-corrected chi connectivity index (χ2v) is 15.8. The van der Waals surface area contributed by atoms with Crippen LogP contribution in [0.5, 0.6) is 0 Å². The molecule has 1 aromatic heterocycles. The highest BCUT2D eigenvalue weighted by molar-refractivity contribution is 8.00. The largest absolute Gasteiger partial charge is 0.444 e. The Morgan fingerprint density at radius 2 is 1.48 bits per heavy atom. The number of hydrogen-bond acceptors (Lipinski definition) is 11. The van der Waals surface area contributed by atoms with E-state index in [4.69, 9.17) is 4.74 Å². The Hall–Kier alpha value is -3.28. The molecule has 3 rings (SSSR count). The van der Waals surface area contributed by atoms with Crippen molar-refractivity contribution in [2.75, 3.05) is 37.7 Å². The van der Waals surface area contributed by atoms with Gasteiger partial charge in [-0.3, -0.25) is 14.4 Å². The number of hydrogen-bond donors (Lipinski definition) is 6. The molecule has 2 fully saturated rings. The van der Waals surface area contributed by atoms with Crippen molar-refractivity contribution in [3.8, 4) is 0 Å². The number of alkyl carbamates (subject to hydrolysis) is 1. The number of carbonyl (C=O) groups excluding carboxylic acids is 5. The molecule has 0 bridgehead atoms. The third kappa shape index (κ3) is 17.1. The molecule has 0 saturated carbocycles. The highest BCUT2D eigenvalue weighted by atomic mass is 32.2. The third-order valence-electron chi connectivity index (χ3n) is 8.01. The second-order valence-electron chi connectivity index (χ2n) is 13.5. The molecule has 18 heteroatoms. The van der Waals surface area contributed by atoms with Gasteiger partial charge in [-0.15, -0.1) is 5.10 Å². The lowest BCUT2D eigenvalue weighted by molar-refractivity contribution is -0.122. The van der Waals surface area contributed by atoms with Crippen LogP contribution in [0, 0.1) is 0 Å². The van der Waals surface area contributed by atoms with E-state index >= 15 is 0 Å². The van der Waals surface area contributed by atoms with Crippen LogP contribution in [-0.4, -0.2) is 111 Å². The molecule has 2 aliphatic heterocycles. The number of aromatic nitrogens is 4. The van der Waals surface area contributed by atoms with Crippen molar-refractivity contribution >= 4 is 53.4 Å². The SMILES string of the molecule is CC(C)(C)OC(=O)NCCCC(=O)NCCCCNC(=O)CCSc1nnnn1CCCCCNC(=O)CCCC[C@@H]1SC[C@@H]2NC(=O)N[C@@H]21. The van der Waals surface area contributed by atoms with Gasteiger partial charge in [0, 0.05) is 68.7 Å². The number of rotatable bonds is 24. The van der Waals surface area contributed by atoms with Crippen LogP contribution in [0.15, 0.2) is 5.16 Å². The maximum Gasteiger partial charge on any atom is 0.407 e. The van der Waals surface area contributed by atoms with E-state index in [1.165, 1.54) is 11.8 Å². The Bertz CT molecular complexity index is 1230. The summed E-state index contributed by atoms with van der Waals surface area (Å²) in [5, 5.41) is 30.4. The van der Waals surface area contributed by atoms with Crippen molar-refractivity contribution in [3.05, 3.63) is 0 Å². The molecule has 1 aromatic rings. The summed E-state index contributed by atoms with van der Waals surface area (Å²) >= 11 is 3.35. The van der Waals surface area contributed by atoms with Gasteiger partial charge in [0.05, 0.1) is 12.1 Å². The van der Waals surface area contributed by atoms with Crippen molar-refractivity contribution in [2.45, 2.75) is 132 Å².